The van der Waals surface area contributed by atoms with Crippen molar-refractivity contribution in [2.45, 2.75) is 17.9 Å². The molecular weight excluding hydrogens is 415 g/mol. The molecule has 0 fully saturated rings. The van der Waals surface area contributed by atoms with E-state index in [1.54, 1.807) is 31.2 Å². The number of aromatic nitrogens is 2. The van der Waals surface area contributed by atoms with E-state index in [9.17, 15) is 12.8 Å². The number of hydrogen-bond acceptors (Lipinski definition) is 6. The molecule has 3 rings (SSSR count). The zero-order chi connectivity index (χ0) is 20.3. The number of aliphatic hydroxyl groups is 1. The normalized spacial score (nSPS) is 12.2. The molecule has 29 heavy (non-hydrogen) atoms. The van der Waals surface area contributed by atoms with E-state index in [-0.39, 0.29) is 36.4 Å². The largest absolute Gasteiger partial charge is 0.395 e. The molecule has 1 aromatic heterocycles. The maximum Gasteiger partial charge on any atom is 0.241 e. The number of hydrogen-bond donors (Lipinski definition) is 3. The van der Waals surface area contributed by atoms with Crippen LogP contribution in [0.5, 0.6) is 0 Å². The Labute approximate surface area is 175 Å². The van der Waals surface area contributed by atoms with Gasteiger partial charge in [0, 0.05) is 17.2 Å². The molecule has 0 aliphatic rings. The SMILES string of the molecule is C[C@H](CO)NS(=O)(=O)c1ccccc1-c1ccc(-c2cnc(N)cn2)c(F)c1.S. The average Bonchev–Trinajstić information content (AvgIpc) is 2.68. The maximum absolute atomic E-state index is 14.7. The third kappa shape index (κ3) is 5.10. The average molecular weight is 437 g/mol. The molecule has 154 valence electrons. The molecule has 0 unspecified atom stereocenters. The summed E-state index contributed by atoms with van der Waals surface area (Å²) in [6.45, 7) is 1.20. The summed E-state index contributed by atoms with van der Waals surface area (Å²) in [4.78, 5) is 7.95. The third-order valence-electron chi connectivity index (χ3n) is 4.03. The summed E-state index contributed by atoms with van der Waals surface area (Å²) in [5, 5.41) is 9.13. The smallest absolute Gasteiger partial charge is 0.241 e. The highest BCUT2D eigenvalue weighted by Crippen LogP contribution is 2.31. The van der Waals surface area contributed by atoms with Gasteiger partial charge in [0.25, 0.3) is 0 Å². The van der Waals surface area contributed by atoms with Gasteiger partial charge in [-0.15, -0.1) is 0 Å². The molecule has 2 aromatic carbocycles. The first-order chi connectivity index (χ1) is 13.3. The summed E-state index contributed by atoms with van der Waals surface area (Å²) in [6, 6.07) is 9.99. The van der Waals surface area contributed by atoms with Gasteiger partial charge < -0.3 is 10.8 Å². The molecule has 0 amide bonds. The van der Waals surface area contributed by atoms with Crippen molar-refractivity contribution in [2.75, 3.05) is 12.3 Å². The molecule has 0 bridgehead atoms. The predicted octanol–water partition coefficient (Wildman–Crippen LogP) is 2.30. The van der Waals surface area contributed by atoms with Crippen LogP contribution in [0, 0.1) is 5.82 Å². The number of sulfonamides is 1. The van der Waals surface area contributed by atoms with Crippen LogP contribution in [-0.4, -0.2) is 36.1 Å². The first-order valence-electron chi connectivity index (χ1n) is 8.42. The topological polar surface area (TPSA) is 118 Å². The lowest BCUT2D eigenvalue weighted by Crippen LogP contribution is -2.35. The number of anilines is 1. The number of benzene rings is 2. The van der Waals surface area contributed by atoms with Crippen LogP contribution in [0.3, 0.4) is 0 Å². The van der Waals surface area contributed by atoms with Crippen molar-refractivity contribution >= 4 is 29.3 Å². The number of halogens is 1. The van der Waals surface area contributed by atoms with Gasteiger partial charge in [0.05, 0.1) is 29.6 Å². The summed E-state index contributed by atoms with van der Waals surface area (Å²) in [5.41, 5.74) is 6.77. The van der Waals surface area contributed by atoms with Gasteiger partial charge in [-0.25, -0.2) is 22.5 Å². The van der Waals surface area contributed by atoms with Gasteiger partial charge in [-0.3, -0.25) is 4.98 Å². The van der Waals surface area contributed by atoms with Gasteiger partial charge in [-0.05, 0) is 30.7 Å². The van der Waals surface area contributed by atoms with Crippen LogP contribution < -0.4 is 10.5 Å². The molecule has 4 N–H and O–H groups in total. The van der Waals surface area contributed by atoms with Crippen LogP contribution in [0.4, 0.5) is 10.2 Å². The van der Waals surface area contributed by atoms with Crippen LogP contribution in [0.25, 0.3) is 22.4 Å². The highest BCUT2D eigenvalue weighted by atomic mass is 32.2. The van der Waals surface area contributed by atoms with E-state index in [1.165, 1.54) is 30.6 Å². The van der Waals surface area contributed by atoms with Gasteiger partial charge in [-0.2, -0.15) is 13.5 Å². The second-order valence-electron chi connectivity index (χ2n) is 6.22. The number of aliphatic hydroxyl groups excluding tert-OH is 1. The molecule has 10 heteroatoms. The van der Waals surface area contributed by atoms with Gasteiger partial charge in [0.1, 0.15) is 11.6 Å². The Morgan fingerprint density at radius 2 is 1.86 bits per heavy atom. The fourth-order valence-electron chi connectivity index (χ4n) is 2.67. The van der Waals surface area contributed by atoms with E-state index >= 15 is 0 Å². The Kier molecular flexibility index (Phi) is 7.31. The minimum Gasteiger partial charge on any atom is -0.395 e. The van der Waals surface area contributed by atoms with Crippen LogP contribution in [-0.2, 0) is 10.0 Å². The summed E-state index contributed by atoms with van der Waals surface area (Å²) < 4.78 is 42.4. The van der Waals surface area contributed by atoms with Crippen LogP contribution >= 0.6 is 13.5 Å². The van der Waals surface area contributed by atoms with Gasteiger partial charge >= 0.3 is 0 Å². The summed E-state index contributed by atoms with van der Waals surface area (Å²) in [6.07, 6.45) is 2.70. The third-order valence-corrected chi connectivity index (χ3v) is 5.68. The molecule has 0 spiro atoms. The maximum atomic E-state index is 14.7. The first kappa shape index (κ1) is 22.8. The fraction of sp³-hybridized carbons (Fsp3) is 0.158. The minimum atomic E-state index is -3.90. The molecule has 0 aliphatic carbocycles. The molecule has 1 atom stereocenters. The molecule has 0 saturated heterocycles. The monoisotopic (exact) mass is 436 g/mol. The lowest BCUT2D eigenvalue weighted by Gasteiger charge is -2.15. The molecule has 0 radical (unpaired) electrons. The van der Waals surface area contributed by atoms with Crippen LogP contribution in [0.2, 0.25) is 0 Å². The van der Waals surface area contributed by atoms with Crippen molar-refractivity contribution in [3.8, 4) is 22.4 Å². The van der Waals surface area contributed by atoms with E-state index in [1.807, 2.05) is 0 Å². The van der Waals surface area contributed by atoms with Crippen molar-refractivity contribution in [2.24, 2.45) is 0 Å². The molecular formula is C19H21FN4O3S2. The Morgan fingerprint density at radius 1 is 1.14 bits per heavy atom. The highest BCUT2D eigenvalue weighted by Gasteiger charge is 2.21. The van der Waals surface area contributed by atoms with E-state index in [2.05, 4.69) is 14.7 Å². The van der Waals surface area contributed by atoms with E-state index in [4.69, 9.17) is 10.8 Å². The summed E-state index contributed by atoms with van der Waals surface area (Å²) in [7, 11) is -3.90. The van der Waals surface area contributed by atoms with Crippen molar-refractivity contribution in [1.29, 1.82) is 0 Å². The summed E-state index contributed by atoms with van der Waals surface area (Å²) >= 11 is 0. The Morgan fingerprint density at radius 3 is 2.48 bits per heavy atom. The predicted molar refractivity (Wildman–Crippen MR) is 115 cm³/mol. The van der Waals surface area contributed by atoms with Crippen molar-refractivity contribution < 1.29 is 17.9 Å². The number of nitrogens with one attached hydrogen (secondary N) is 1. The summed E-state index contributed by atoms with van der Waals surface area (Å²) in [5.74, 6) is -0.343. The van der Waals surface area contributed by atoms with Gasteiger partial charge in [0.2, 0.25) is 10.0 Å². The number of nitrogens with two attached hydrogens (primary N) is 1. The second kappa shape index (κ2) is 9.31. The second-order valence-corrected chi connectivity index (χ2v) is 7.90. The van der Waals surface area contributed by atoms with Gasteiger partial charge in [-0.1, -0.05) is 24.3 Å². The van der Waals surface area contributed by atoms with E-state index in [0.717, 1.165) is 0 Å². The molecule has 0 saturated carbocycles. The Hall–Kier alpha value is -2.53. The quantitative estimate of drug-likeness (QED) is 0.546. The fourth-order valence-corrected chi connectivity index (χ4v) is 4.14. The van der Waals surface area contributed by atoms with E-state index in [0.29, 0.717) is 16.8 Å². The van der Waals surface area contributed by atoms with Crippen molar-refractivity contribution in [1.82, 2.24) is 14.7 Å². The number of nitrogen functional groups attached to an aromatic ring is 1. The lowest BCUT2D eigenvalue weighted by molar-refractivity contribution is 0.265. The van der Waals surface area contributed by atoms with Gasteiger partial charge in [0.15, 0.2) is 0 Å². The van der Waals surface area contributed by atoms with Crippen molar-refractivity contribution in [3.05, 3.63) is 60.7 Å². The molecule has 0 aliphatic heterocycles. The minimum absolute atomic E-state index is 0. The van der Waals surface area contributed by atoms with Crippen LogP contribution in [0.15, 0.2) is 59.8 Å². The number of nitrogens with zero attached hydrogens (tertiary/aromatic N) is 2. The zero-order valence-electron chi connectivity index (χ0n) is 15.5. The number of rotatable bonds is 6. The lowest BCUT2D eigenvalue weighted by atomic mass is 10.0. The molecule has 3 aromatic rings. The molecule has 7 nitrogen and oxygen atoms in total. The Balaban J connectivity index is 0.00000300. The standard InChI is InChI=1S/C19H19FN4O3S.H2S/c1-12(11-25)24-28(26,27)18-5-3-2-4-14(18)13-6-7-15(16(20)8-13)17-9-23-19(21)10-22-17;/h2-10,12,24-25H,11H2,1H3,(H2,21,23);1H2/t12-;/m1./s1. The van der Waals surface area contributed by atoms with Crippen molar-refractivity contribution in [3.63, 3.8) is 0 Å². The Bertz CT molecular complexity index is 1090. The first-order valence-corrected chi connectivity index (χ1v) is 9.90. The van der Waals surface area contributed by atoms with Crippen LogP contribution in [0.1, 0.15) is 6.92 Å². The molecule has 1 heterocycles. The highest BCUT2D eigenvalue weighted by molar-refractivity contribution is 7.89. The zero-order valence-corrected chi connectivity index (χ0v) is 17.3. The van der Waals surface area contributed by atoms with E-state index < -0.39 is 21.9 Å².